The van der Waals surface area contributed by atoms with Gasteiger partial charge in [0.1, 0.15) is 0 Å². The van der Waals surface area contributed by atoms with Crippen LogP contribution in [0, 0.1) is 11.6 Å². The molecule has 0 unspecified atom stereocenters. The van der Waals surface area contributed by atoms with Crippen molar-refractivity contribution in [1.82, 2.24) is 14.6 Å². The maximum absolute atomic E-state index is 13.6. The molecule has 1 N–H and O–H groups in total. The molecule has 0 aliphatic rings. The van der Waals surface area contributed by atoms with Crippen LogP contribution in [0.5, 0.6) is 0 Å². The third-order valence-electron chi connectivity index (χ3n) is 3.33. The lowest BCUT2D eigenvalue weighted by Gasteiger charge is -2.04. The van der Waals surface area contributed by atoms with E-state index in [0.29, 0.717) is 17.6 Å². The first-order valence-corrected chi connectivity index (χ1v) is 6.58. The molecule has 0 atom stereocenters. The minimum atomic E-state index is -0.901. The Balaban J connectivity index is 1.89. The van der Waals surface area contributed by atoms with Crippen molar-refractivity contribution in [3.8, 4) is 0 Å². The van der Waals surface area contributed by atoms with Gasteiger partial charge in [-0.3, -0.25) is 14.7 Å². The topological polar surface area (TPSA) is 67.2 Å². The summed E-state index contributed by atoms with van der Waals surface area (Å²) in [5.41, 5.74) is 0.852. The normalized spacial score (nSPS) is 11.0. The average molecular weight is 303 g/mol. The predicted molar refractivity (Wildman–Crippen MR) is 75.0 cm³/mol. The van der Waals surface area contributed by atoms with Gasteiger partial charge in [-0.25, -0.2) is 18.3 Å². The van der Waals surface area contributed by atoms with Crippen LogP contribution in [0.15, 0.2) is 35.1 Å². The first-order chi connectivity index (χ1) is 10.6. The molecule has 0 fully saturated rings. The number of nitrogens with one attached hydrogen (secondary N) is 1. The Labute approximate surface area is 123 Å². The lowest BCUT2D eigenvalue weighted by Crippen LogP contribution is -2.16. The fourth-order valence-electron chi connectivity index (χ4n) is 2.25. The Kier molecular flexibility index (Phi) is 3.54. The number of benzene rings is 1. The summed E-state index contributed by atoms with van der Waals surface area (Å²) in [6.45, 7) is 0. The number of rotatable bonds is 4. The maximum atomic E-state index is 13.6. The molecule has 0 amide bonds. The van der Waals surface area contributed by atoms with E-state index in [2.05, 4.69) is 10.1 Å². The fourth-order valence-corrected chi connectivity index (χ4v) is 2.25. The number of hydrogen-bond donors (Lipinski definition) is 1. The van der Waals surface area contributed by atoms with Gasteiger partial charge < -0.3 is 0 Å². The van der Waals surface area contributed by atoms with E-state index >= 15 is 0 Å². The molecule has 2 heterocycles. The lowest BCUT2D eigenvalue weighted by molar-refractivity contribution is 0.111. The quantitative estimate of drug-likeness (QED) is 0.749. The molecule has 1 aromatic carbocycles. The second kappa shape index (κ2) is 5.51. The molecule has 0 radical (unpaired) electrons. The molecule has 5 nitrogen and oxygen atoms in total. The number of carbonyl (C=O) groups is 1. The van der Waals surface area contributed by atoms with Crippen LogP contribution in [-0.2, 0) is 12.8 Å². The Morgan fingerprint density at radius 2 is 2.05 bits per heavy atom. The van der Waals surface area contributed by atoms with Crippen LogP contribution in [0.25, 0.3) is 5.65 Å². The maximum Gasteiger partial charge on any atom is 0.272 e. The second-order valence-electron chi connectivity index (χ2n) is 4.82. The molecule has 3 rings (SSSR count). The van der Waals surface area contributed by atoms with Gasteiger partial charge in [0.2, 0.25) is 0 Å². The van der Waals surface area contributed by atoms with Crippen molar-refractivity contribution in [3.63, 3.8) is 0 Å². The van der Waals surface area contributed by atoms with Gasteiger partial charge in [0.15, 0.2) is 23.6 Å². The van der Waals surface area contributed by atoms with E-state index in [1.54, 1.807) is 0 Å². The van der Waals surface area contributed by atoms with Gasteiger partial charge in [-0.1, -0.05) is 12.1 Å². The molecule has 0 saturated carbocycles. The van der Waals surface area contributed by atoms with Crippen LogP contribution in [0.4, 0.5) is 8.78 Å². The lowest BCUT2D eigenvalue weighted by atomic mass is 10.1. The first kappa shape index (κ1) is 14.1. The van der Waals surface area contributed by atoms with E-state index in [1.165, 1.54) is 24.3 Å². The van der Waals surface area contributed by atoms with E-state index in [0.717, 1.165) is 10.6 Å². The van der Waals surface area contributed by atoms with E-state index < -0.39 is 11.6 Å². The first-order valence-electron chi connectivity index (χ1n) is 6.58. The number of halogens is 2. The predicted octanol–water partition coefficient (Wildman–Crippen LogP) is 1.90. The van der Waals surface area contributed by atoms with Crippen LogP contribution in [0.3, 0.4) is 0 Å². The number of aryl methyl sites for hydroxylation is 2. The van der Waals surface area contributed by atoms with Gasteiger partial charge in [-0.2, -0.15) is 0 Å². The van der Waals surface area contributed by atoms with Crippen molar-refractivity contribution in [2.45, 2.75) is 12.8 Å². The molecule has 0 spiro atoms. The fraction of sp³-hybridized carbons (Fsp3) is 0.133. The number of aromatic amines is 1. The summed E-state index contributed by atoms with van der Waals surface area (Å²) in [5, 5.41) is 2.60. The largest absolute Gasteiger partial charge is 0.296 e. The van der Waals surface area contributed by atoms with Gasteiger partial charge in [0.25, 0.3) is 5.56 Å². The summed E-state index contributed by atoms with van der Waals surface area (Å²) >= 11 is 0. The Bertz CT molecular complexity index is 915. The summed E-state index contributed by atoms with van der Waals surface area (Å²) in [6.07, 6.45) is 1.08. The molecule has 2 aromatic heterocycles. The van der Waals surface area contributed by atoms with E-state index in [-0.39, 0.29) is 29.7 Å². The number of hydrogen-bond acceptors (Lipinski definition) is 3. The molecule has 22 heavy (non-hydrogen) atoms. The number of aromatic nitrogens is 3. The third-order valence-corrected chi connectivity index (χ3v) is 3.33. The minimum absolute atomic E-state index is 0.219. The van der Waals surface area contributed by atoms with Gasteiger partial charge in [0.05, 0.1) is 5.69 Å². The van der Waals surface area contributed by atoms with Crippen molar-refractivity contribution < 1.29 is 13.6 Å². The molecular formula is C15H11F2N3O2. The summed E-state index contributed by atoms with van der Waals surface area (Å²) in [4.78, 5) is 26.8. The Hall–Kier alpha value is -2.83. The van der Waals surface area contributed by atoms with Gasteiger partial charge in [-0.15, -0.1) is 0 Å². The van der Waals surface area contributed by atoms with Gasteiger partial charge in [0, 0.05) is 17.8 Å². The molecule has 0 aliphatic heterocycles. The van der Waals surface area contributed by atoms with Crippen LogP contribution in [0.2, 0.25) is 0 Å². The van der Waals surface area contributed by atoms with Gasteiger partial charge >= 0.3 is 0 Å². The molecule has 0 saturated heterocycles. The number of aldehydes is 1. The zero-order chi connectivity index (χ0) is 15.7. The van der Waals surface area contributed by atoms with E-state index in [1.807, 2.05) is 0 Å². The highest BCUT2D eigenvalue weighted by Gasteiger charge is 2.10. The summed E-state index contributed by atoms with van der Waals surface area (Å²) in [6, 6.07) is 6.72. The molecule has 7 heteroatoms. The zero-order valence-electron chi connectivity index (χ0n) is 11.3. The van der Waals surface area contributed by atoms with Crippen LogP contribution in [-0.4, -0.2) is 20.9 Å². The van der Waals surface area contributed by atoms with Gasteiger partial charge in [-0.05, 0) is 24.5 Å². The SMILES string of the molecule is O=Cc1cc2nc(CCc3cccc(F)c3F)cc(=O)n2[nH]1. The number of fused-ring (bicyclic) bond motifs is 1. The summed E-state index contributed by atoms with van der Waals surface area (Å²) in [7, 11) is 0. The average Bonchev–Trinajstić information content (AvgIpc) is 2.92. The highest BCUT2D eigenvalue weighted by molar-refractivity contribution is 5.74. The van der Waals surface area contributed by atoms with Crippen molar-refractivity contribution >= 4 is 11.9 Å². The van der Waals surface area contributed by atoms with E-state index in [9.17, 15) is 18.4 Å². The molecular weight excluding hydrogens is 292 g/mol. The third kappa shape index (κ3) is 2.52. The Morgan fingerprint density at radius 1 is 1.23 bits per heavy atom. The van der Waals surface area contributed by atoms with Crippen molar-refractivity contribution in [1.29, 1.82) is 0 Å². The monoisotopic (exact) mass is 303 g/mol. The van der Waals surface area contributed by atoms with E-state index in [4.69, 9.17) is 0 Å². The van der Waals surface area contributed by atoms with Crippen LogP contribution < -0.4 is 5.56 Å². The van der Waals surface area contributed by atoms with Crippen molar-refractivity contribution in [2.24, 2.45) is 0 Å². The summed E-state index contributed by atoms with van der Waals surface area (Å²) in [5.74, 6) is -1.78. The molecule has 0 bridgehead atoms. The van der Waals surface area contributed by atoms with Crippen LogP contribution in [0.1, 0.15) is 21.7 Å². The summed E-state index contributed by atoms with van der Waals surface area (Å²) < 4.78 is 27.9. The Morgan fingerprint density at radius 3 is 2.82 bits per heavy atom. The molecule has 3 aromatic rings. The zero-order valence-corrected chi connectivity index (χ0v) is 11.3. The van der Waals surface area contributed by atoms with Crippen molar-refractivity contribution in [2.75, 3.05) is 0 Å². The number of H-pyrrole nitrogens is 1. The molecule has 112 valence electrons. The number of nitrogens with zero attached hydrogens (tertiary/aromatic N) is 2. The van der Waals surface area contributed by atoms with Crippen molar-refractivity contribution in [3.05, 3.63) is 69.3 Å². The highest BCUT2D eigenvalue weighted by atomic mass is 19.2. The van der Waals surface area contributed by atoms with Crippen LogP contribution >= 0.6 is 0 Å². The standard InChI is InChI=1S/C15H11F2N3O2/c16-12-3-1-2-9(15(12)17)4-5-10-7-14(22)20-13(18-10)6-11(8-21)19-20/h1-3,6-8,19H,4-5H2. The second-order valence-corrected chi connectivity index (χ2v) is 4.82. The number of carbonyl (C=O) groups excluding carboxylic acids is 1. The highest BCUT2D eigenvalue weighted by Crippen LogP contribution is 2.13. The smallest absolute Gasteiger partial charge is 0.272 e. The molecule has 0 aliphatic carbocycles. The minimum Gasteiger partial charge on any atom is -0.296 e.